The Morgan fingerprint density at radius 3 is 2.50 bits per heavy atom. The number of aromatic nitrogens is 1. The van der Waals surface area contributed by atoms with Crippen LogP contribution in [0, 0.1) is 6.92 Å². The van der Waals surface area contributed by atoms with Crippen LogP contribution in [0.3, 0.4) is 0 Å². The Bertz CT molecular complexity index is 572. The number of carbonyl (C=O) groups excluding carboxylic acids is 1. The Balaban J connectivity index is 2.10. The summed E-state index contributed by atoms with van der Waals surface area (Å²) in [5.74, 6) is 0.0516. The van der Waals surface area contributed by atoms with Crippen molar-refractivity contribution in [3.8, 4) is 0 Å². The molecule has 0 amide bonds. The number of unbranched alkanes of at least 4 members (excludes halogenated alkanes) is 2. The predicted octanol–water partition coefficient (Wildman–Crippen LogP) is 4.35. The van der Waals surface area contributed by atoms with Crippen molar-refractivity contribution in [1.82, 2.24) is 4.98 Å². The fourth-order valence-electron chi connectivity index (χ4n) is 2.26. The molecule has 0 saturated heterocycles. The molecule has 1 aromatic carbocycles. The zero-order valence-corrected chi connectivity index (χ0v) is 12.2. The van der Waals surface area contributed by atoms with E-state index in [0.29, 0.717) is 5.56 Å². The summed E-state index contributed by atoms with van der Waals surface area (Å²) in [6.45, 7) is 4.14. The first-order valence-corrected chi connectivity index (χ1v) is 7.26. The number of pyridine rings is 1. The van der Waals surface area contributed by atoms with Crippen LogP contribution in [0.15, 0.2) is 42.7 Å². The number of hydrogen-bond acceptors (Lipinski definition) is 2. The normalized spacial score (nSPS) is 10.5. The van der Waals surface area contributed by atoms with Gasteiger partial charge in [-0.3, -0.25) is 9.78 Å². The van der Waals surface area contributed by atoms with Gasteiger partial charge in [-0.15, -0.1) is 0 Å². The fraction of sp³-hybridized carbons (Fsp3) is 0.333. The molecule has 0 radical (unpaired) electrons. The van der Waals surface area contributed by atoms with Gasteiger partial charge in [0.2, 0.25) is 0 Å². The molecule has 2 aromatic rings. The summed E-state index contributed by atoms with van der Waals surface area (Å²) in [6, 6.07) is 9.85. The molecular formula is C18H21NO. The van der Waals surface area contributed by atoms with Crippen LogP contribution in [0.25, 0.3) is 0 Å². The van der Waals surface area contributed by atoms with Gasteiger partial charge in [-0.1, -0.05) is 44.0 Å². The Kier molecular flexibility index (Phi) is 5.05. The minimum atomic E-state index is 0.0516. The highest BCUT2D eigenvalue weighted by Gasteiger charge is 2.11. The highest BCUT2D eigenvalue weighted by Crippen LogP contribution is 2.14. The minimum Gasteiger partial charge on any atom is -0.289 e. The standard InChI is InChI=1S/C18H21NO/c1-3-4-5-6-15-7-9-16(10-8-15)18(20)17-13-19-12-11-14(17)2/h7-13H,3-6H2,1-2H3. The average Bonchev–Trinajstić information content (AvgIpc) is 2.48. The van der Waals surface area contributed by atoms with Crippen LogP contribution in [-0.2, 0) is 6.42 Å². The van der Waals surface area contributed by atoms with Crippen LogP contribution in [0.2, 0.25) is 0 Å². The first-order chi connectivity index (χ1) is 9.72. The molecule has 0 unspecified atom stereocenters. The molecule has 0 saturated carbocycles. The highest BCUT2D eigenvalue weighted by atomic mass is 16.1. The lowest BCUT2D eigenvalue weighted by molar-refractivity contribution is 0.103. The lowest BCUT2D eigenvalue weighted by atomic mass is 9.99. The number of rotatable bonds is 6. The molecule has 0 fully saturated rings. The molecule has 0 bridgehead atoms. The van der Waals surface area contributed by atoms with Gasteiger partial charge in [0.25, 0.3) is 0 Å². The number of carbonyl (C=O) groups is 1. The van der Waals surface area contributed by atoms with Crippen molar-refractivity contribution >= 4 is 5.78 Å². The zero-order chi connectivity index (χ0) is 14.4. The van der Waals surface area contributed by atoms with Gasteiger partial charge < -0.3 is 0 Å². The van der Waals surface area contributed by atoms with E-state index in [1.54, 1.807) is 12.4 Å². The lowest BCUT2D eigenvalue weighted by Gasteiger charge is -2.05. The Morgan fingerprint density at radius 1 is 1.10 bits per heavy atom. The summed E-state index contributed by atoms with van der Waals surface area (Å²) in [5, 5.41) is 0. The first-order valence-electron chi connectivity index (χ1n) is 7.26. The molecule has 0 spiro atoms. The van der Waals surface area contributed by atoms with Gasteiger partial charge in [0.15, 0.2) is 5.78 Å². The molecule has 2 heteroatoms. The van der Waals surface area contributed by atoms with Crippen LogP contribution in [0.4, 0.5) is 0 Å². The van der Waals surface area contributed by atoms with Gasteiger partial charge in [-0.25, -0.2) is 0 Å². The Hall–Kier alpha value is -1.96. The maximum absolute atomic E-state index is 12.4. The number of hydrogen-bond donors (Lipinski definition) is 0. The predicted molar refractivity (Wildman–Crippen MR) is 82.1 cm³/mol. The van der Waals surface area contributed by atoms with Crippen LogP contribution in [0.1, 0.15) is 53.2 Å². The molecule has 0 aliphatic carbocycles. The molecule has 2 nitrogen and oxygen atoms in total. The number of nitrogens with zero attached hydrogens (tertiary/aromatic N) is 1. The number of aryl methyl sites for hydroxylation is 2. The summed E-state index contributed by atoms with van der Waals surface area (Å²) >= 11 is 0. The molecule has 1 heterocycles. The maximum atomic E-state index is 12.4. The highest BCUT2D eigenvalue weighted by molar-refractivity contribution is 6.09. The van der Waals surface area contributed by atoms with E-state index in [4.69, 9.17) is 0 Å². The second-order valence-corrected chi connectivity index (χ2v) is 5.17. The second kappa shape index (κ2) is 6.99. The van der Waals surface area contributed by atoms with Crippen LogP contribution in [-0.4, -0.2) is 10.8 Å². The molecule has 0 N–H and O–H groups in total. The molecule has 2 rings (SSSR count). The smallest absolute Gasteiger partial charge is 0.194 e. The van der Waals surface area contributed by atoms with E-state index < -0.39 is 0 Å². The Labute approximate surface area is 120 Å². The SMILES string of the molecule is CCCCCc1ccc(C(=O)c2cnccc2C)cc1. The van der Waals surface area contributed by atoms with E-state index in [9.17, 15) is 4.79 Å². The molecule has 0 atom stereocenters. The van der Waals surface area contributed by atoms with Crippen molar-refractivity contribution in [2.75, 3.05) is 0 Å². The largest absolute Gasteiger partial charge is 0.289 e. The van der Waals surface area contributed by atoms with Crippen molar-refractivity contribution < 1.29 is 4.79 Å². The van der Waals surface area contributed by atoms with E-state index in [2.05, 4.69) is 24.0 Å². The van der Waals surface area contributed by atoms with Crippen molar-refractivity contribution in [2.45, 2.75) is 39.5 Å². The van der Waals surface area contributed by atoms with E-state index in [1.807, 2.05) is 25.1 Å². The third-order valence-corrected chi connectivity index (χ3v) is 3.57. The van der Waals surface area contributed by atoms with Crippen molar-refractivity contribution in [1.29, 1.82) is 0 Å². The molecule has 104 valence electrons. The molecule has 1 aromatic heterocycles. The van der Waals surface area contributed by atoms with Gasteiger partial charge in [0.05, 0.1) is 0 Å². The molecule has 0 aliphatic rings. The van der Waals surface area contributed by atoms with Crippen LogP contribution >= 0.6 is 0 Å². The maximum Gasteiger partial charge on any atom is 0.194 e. The topological polar surface area (TPSA) is 30.0 Å². The van der Waals surface area contributed by atoms with Crippen LogP contribution < -0.4 is 0 Å². The number of ketones is 1. The Morgan fingerprint density at radius 2 is 1.85 bits per heavy atom. The van der Waals surface area contributed by atoms with Gasteiger partial charge in [0.1, 0.15) is 0 Å². The summed E-state index contributed by atoms with van der Waals surface area (Å²) in [4.78, 5) is 16.4. The van der Waals surface area contributed by atoms with Crippen LogP contribution in [0.5, 0.6) is 0 Å². The van der Waals surface area contributed by atoms with Crippen molar-refractivity contribution in [3.05, 3.63) is 65.0 Å². The van der Waals surface area contributed by atoms with E-state index >= 15 is 0 Å². The summed E-state index contributed by atoms with van der Waals surface area (Å²) in [7, 11) is 0. The summed E-state index contributed by atoms with van der Waals surface area (Å²) in [6.07, 6.45) is 8.15. The molecule has 20 heavy (non-hydrogen) atoms. The van der Waals surface area contributed by atoms with E-state index in [0.717, 1.165) is 17.5 Å². The monoisotopic (exact) mass is 267 g/mol. The van der Waals surface area contributed by atoms with Gasteiger partial charge in [-0.2, -0.15) is 0 Å². The molecule has 0 aliphatic heterocycles. The minimum absolute atomic E-state index is 0.0516. The van der Waals surface area contributed by atoms with Gasteiger partial charge in [0, 0.05) is 23.5 Å². The summed E-state index contributed by atoms with van der Waals surface area (Å²) in [5.41, 5.74) is 3.70. The fourth-order valence-corrected chi connectivity index (χ4v) is 2.26. The van der Waals surface area contributed by atoms with E-state index in [1.165, 1.54) is 24.8 Å². The van der Waals surface area contributed by atoms with Crippen molar-refractivity contribution in [3.63, 3.8) is 0 Å². The summed E-state index contributed by atoms with van der Waals surface area (Å²) < 4.78 is 0. The van der Waals surface area contributed by atoms with Gasteiger partial charge >= 0.3 is 0 Å². The van der Waals surface area contributed by atoms with E-state index in [-0.39, 0.29) is 5.78 Å². The third-order valence-electron chi connectivity index (χ3n) is 3.57. The molecular weight excluding hydrogens is 246 g/mol. The lowest BCUT2D eigenvalue weighted by Crippen LogP contribution is -2.04. The third kappa shape index (κ3) is 3.53. The number of benzene rings is 1. The van der Waals surface area contributed by atoms with Gasteiger partial charge in [-0.05, 0) is 37.0 Å². The first kappa shape index (κ1) is 14.4. The zero-order valence-electron chi connectivity index (χ0n) is 12.2. The second-order valence-electron chi connectivity index (χ2n) is 5.17. The van der Waals surface area contributed by atoms with Crippen molar-refractivity contribution in [2.24, 2.45) is 0 Å². The average molecular weight is 267 g/mol. The quantitative estimate of drug-likeness (QED) is 0.575.